The van der Waals surface area contributed by atoms with Gasteiger partial charge in [0, 0.05) is 25.6 Å². The maximum Gasteiger partial charge on any atom is 0.225 e. The maximum atomic E-state index is 12.1. The molecule has 0 aromatic carbocycles. The van der Waals surface area contributed by atoms with Gasteiger partial charge in [-0.2, -0.15) is 0 Å². The van der Waals surface area contributed by atoms with Gasteiger partial charge in [-0.1, -0.05) is 6.92 Å². The van der Waals surface area contributed by atoms with Gasteiger partial charge in [0.1, 0.15) is 0 Å². The average molecular weight is 227 g/mol. The van der Waals surface area contributed by atoms with E-state index < -0.39 is 0 Å². The number of carbonyl (C=O) groups excluding carboxylic acids is 1. The minimum atomic E-state index is 0.0576. The zero-order valence-corrected chi connectivity index (χ0v) is 10.8. The summed E-state index contributed by atoms with van der Waals surface area (Å²) in [6.45, 7) is 4.71. The molecule has 2 N–H and O–H groups in total. The van der Waals surface area contributed by atoms with Crippen LogP contribution in [-0.2, 0) is 4.79 Å². The number of rotatable bonds is 4. The molecule has 1 saturated heterocycles. The van der Waals surface area contributed by atoms with Crippen LogP contribution in [0.4, 0.5) is 0 Å². The molecule has 0 aromatic heterocycles. The van der Waals surface area contributed by atoms with Crippen molar-refractivity contribution in [3.63, 3.8) is 0 Å². The third kappa shape index (κ3) is 3.46. The first-order valence-electron chi connectivity index (χ1n) is 6.21. The van der Waals surface area contributed by atoms with Gasteiger partial charge < -0.3 is 15.5 Å². The maximum absolute atomic E-state index is 12.1. The van der Waals surface area contributed by atoms with Crippen molar-refractivity contribution >= 4 is 5.91 Å². The monoisotopic (exact) mass is 227 g/mol. The van der Waals surface area contributed by atoms with E-state index in [-0.39, 0.29) is 11.8 Å². The van der Waals surface area contributed by atoms with E-state index in [1.807, 2.05) is 18.9 Å². The summed E-state index contributed by atoms with van der Waals surface area (Å²) < 4.78 is 0. The van der Waals surface area contributed by atoms with Gasteiger partial charge in [-0.25, -0.2) is 0 Å². The van der Waals surface area contributed by atoms with E-state index in [4.69, 9.17) is 5.73 Å². The van der Waals surface area contributed by atoms with E-state index in [2.05, 4.69) is 11.9 Å². The van der Waals surface area contributed by atoms with Gasteiger partial charge in [0.15, 0.2) is 0 Å². The van der Waals surface area contributed by atoms with E-state index >= 15 is 0 Å². The summed E-state index contributed by atoms with van der Waals surface area (Å²) in [5.41, 5.74) is 5.49. The molecule has 0 aromatic rings. The van der Waals surface area contributed by atoms with Crippen LogP contribution in [0.25, 0.3) is 0 Å². The summed E-state index contributed by atoms with van der Waals surface area (Å²) in [4.78, 5) is 16.3. The highest BCUT2D eigenvalue weighted by atomic mass is 16.2. The molecule has 1 rings (SSSR count). The van der Waals surface area contributed by atoms with E-state index in [9.17, 15) is 4.79 Å². The summed E-state index contributed by atoms with van der Waals surface area (Å²) in [5, 5.41) is 0. The Balaban J connectivity index is 2.48. The zero-order chi connectivity index (χ0) is 12.1. The molecule has 4 nitrogen and oxygen atoms in total. The molecule has 94 valence electrons. The van der Waals surface area contributed by atoms with Crippen molar-refractivity contribution in [2.75, 3.05) is 33.7 Å². The average Bonchev–Trinajstić information content (AvgIpc) is 2.27. The number of piperidine rings is 1. The summed E-state index contributed by atoms with van der Waals surface area (Å²) in [7, 11) is 4.05. The fraction of sp³-hybridized carbons (Fsp3) is 0.917. The van der Waals surface area contributed by atoms with Crippen LogP contribution in [0.3, 0.4) is 0 Å². The molecule has 0 bridgehead atoms. The fourth-order valence-electron chi connectivity index (χ4n) is 2.36. The van der Waals surface area contributed by atoms with E-state index in [1.165, 1.54) is 6.42 Å². The Kier molecular flexibility index (Phi) is 5.22. The predicted octanol–water partition coefficient (Wildman–Crippen LogP) is 0.524. The smallest absolute Gasteiger partial charge is 0.225 e. The van der Waals surface area contributed by atoms with Crippen LogP contribution in [0, 0.1) is 5.92 Å². The van der Waals surface area contributed by atoms with Crippen molar-refractivity contribution < 1.29 is 4.79 Å². The van der Waals surface area contributed by atoms with E-state index in [0.717, 1.165) is 25.9 Å². The Bertz CT molecular complexity index is 232. The van der Waals surface area contributed by atoms with Crippen molar-refractivity contribution in [3.05, 3.63) is 0 Å². The van der Waals surface area contributed by atoms with Gasteiger partial charge in [0.25, 0.3) is 0 Å². The van der Waals surface area contributed by atoms with Crippen LogP contribution in [0.15, 0.2) is 0 Å². The second kappa shape index (κ2) is 6.21. The number of nitrogens with two attached hydrogens (primary N) is 1. The number of amides is 1. The first-order chi connectivity index (χ1) is 7.56. The summed E-state index contributed by atoms with van der Waals surface area (Å²) in [6, 6.07) is 0.381. The third-order valence-corrected chi connectivity index (χ3v) is 3.52. The number of likely N-dealkylation sites (N-methyl/N-ethyl adjacent to an activating group) is 2. The van der Waals surface area contributed by atoms with Crippen molar-refractivity contribution in [2.45, 2.75) is 32.2 Å². The lowest BCUT2D eigenvalue weighted by atomic mass is 10.0. The topological polar surface area (TPSA) is 49.6 Å². The van der Waals surface area contributed by atoms with Gasteiger partial charge in [-0.15, -0.1) is 0 Å². The normalized spacial score (nSPS) is 24.1. The van der Waals surface area contributed by atoms with Crippen LogP contribution < -0.4 is 5.73 Å². The molecule has 0 spiro atoms. The lowest BCUT2D eigenvalue weighted by Crippen LogP contribution is -2.48. The highest BCUT2D eigenvalue weighted by Crippen LogP contribution is 2.16. The quantitative estimate of drug-likeness (QED) is 0.762. The number of hydrogen-bond donors (Lipinski definition) is 1. The van der Waals surface area contributed by atoms with E-state index in [1.54, 1.807) is 0 Å². The summed E-state index contributed by atoms with van der Waals surface area (Å²) >= 11 is 0. The second-order valence-electron chi connectivity index (χ2n) is 4.99. The fourth-order valence-corrected chi connectivity index (χ4v) is 2.36. The van der Waals surface area contributed by atoms with Crippen molar-refractivity contribution in [3.8, 4) is 0 Å². The van der Waals surface area contributed by atoms with Crippen molar-refractivity contribution in [2.24, 2.45) is 11.7 Å². The minimum absolute atomic E-state index is 0.0576. The van der Waals surface area contributed by atoms with Crippen LogP contribution in [0.2, 0.25) is 0 Å². The van der Waals surface area contributed by atoms with Crippen LogP contribution in [-0.4, -0.2) is 55.5 Å². The highest BCUT2D eigenvalue weighted by molar-refractivity contribution is 5.78. The Morgan fingerprint density at radius 2 is 2.31 bits per heavy atom. The number of likely N-dealkylation sites (tertiary alicyclic amines) is 1. The summed E-state index contributed by atoms with van der Waals surface area (Å²) in [6.07, 6.45) is 3.09. The first kappa shape index (κ1) is 13.5. The molecule has 1 heterocycles. The van der Waals surface area contributed by atoms with Gasteiger partial charge in [-0.05, 0) is 39.4 Å². The molecular formula is C12H25N3O. The molecule has 16 heavy (non-hydrogen) atoms. The minimum Gasteiger partial charge on any atom is -0.341 e. The Labute approximate surface area is 98.8 Å². The standard InChI is InChI=1S/C12H25N3O/c1-10(6-7-13)12(16)15(3)11-5-4-8-14(2)9-11/h10-11H,4-9,13H2,1-3H3. The molecule has 1 aliphatic rings. The van der Waals surface area contributed by atoms with Gasteiger partial charge >= 0.3 is 0 Å². The summed E-state index contributed by atoms with van der Waals surface area (Å²) in [5.74, 6) is 0.299. The largest absolute Gasteiger partial charge is 0.341 e. The van der Waals surface area contributed by atoms with Gasteiger partial charge in [0.2, 0.25) is 5.91 Å². The molecule has 4 heteroatoms. The molecule has 1 aliphatic heterocycles. The van der Waals surface area contributed by atoms with Crippen molar-refractivity contribution in [1.29, 1.82) is 0 Å². The number of hydrogen-bond acceptors (Lipinski definition) is 3. The second-order valence-corrected chi connectivity index (χ2v) is 4.99. The Morgan fingerprint density at radius 3 is 2.88 bits per heavy atom. The predicted molar refractivity (Wildman–Crippen MR) is 66.1 cm³/mol. The number of carbonyl (C=O) groups is 1. The molecule has 2 unspecified atom stereocenters. The molecule has 2 atom stereocenters. The molecule has 0 radical (unpaired) electrons. The third-order valence-electron chi connectivity index (χ3n) is 3.52. The van der Waals surface area contributed by atoms with Crippen LogP contribution >= 0.6 is 0 Å². The zero-order valence-electron chi connectivity index (χ0n) is 10.8. The van der Waals surface area contributed by atoms with Gasteiger partial charge in [0.05, 0.1) is 0 Å². The van der Waals surface area contributed by atoms with Crippen LogP contribution in [0.5, 0.6) is 0 Å². The number of nitrogens with zero attached hydrogens (tertiary/aromatic N) is 2. The van der Waals surface area contributed by atoms with Crippen molar-refractivity contribution in [1.82, 2.24) is 9.80 Å². The molecule has 0 saturated carbocycles. The lowest BCUT2D eigenvalue weighted by Gasteiger charge is -2.37. The first-order valence-corrected chi connectivity index (χ1v) is 6.21. The molecular weight excluding hydrogens is 202 g/mol. The Hall–Kier alpha value is -0.610. The Morgan fingerprint density at radius 1 is 1.62 bits per heavy atom. The SMILES string of the molecule is CC(CCN)C(=O)N(C)C1CCCN(C)C1. The van der Waals surface area contributed by atoms with Gasteiger partial charge in [-0.3, -0.25) is 4.79 Å². The lowest BCUT2D eigenvalue weighted by molar-refractivity contribution is -0.136. The van der Waals surface area contributed by atoms with E-state index in [0.29, 0.717) is 12.6 Å². The molecule has 0 aliphatic carbocycles. The highest BCUT2D eigenvalue weighted by Gasteiger charge is 2.26. The molecule has 1 fully saturated rings. The van der Waals surface area contributed by atoms with Crippen LogP contribution in [0.1, 0.15) is 26.2 Å². The molecule has 1 amide bonds.